The van der Waals surface area contributed by atoms with Gasteiger partial charge >= 0.3 is 0 Å². The molecule has 1 N–H and O–H groups in total. The number of hydrogen-bond donors (Lipinski definition) is 1. The van der Waals surface area contributed by atoms with Gasteiger partial charge in [-0.15, -0.1) is 0 Å². The van der Waals surface area contributed by atoms with Crippen LogP contribution in [-0.4, -0.2) is 10.3 Å². The second-order valence-corrected chi connectivity index (χ2v) is 3.98. The zero-order valence-electron chi connectivity index (χ0n) is 6.48. The molecule has 0 saturated heterocycles. The smallest absolute Gasteiger partial charge is 0.234 e. The molecule has 0 bridgehead atoms. The molecule has 70 valence electrons. The van der Waals surface area contributed by atoms with E-state index in [-0.39, 0.29) is 5.91 Å². The van der Waals surface area contributed by atoms with Crippen molar-refractivity contribution in [2.24, 2.45) is 0 Å². The highest BCUT2D eigenvalue weighted by atomic mass is 127. The SMILES string of the molecule is O=C(CI)Nc1cc(Cl)cc(Cl)c1. The largest absolute Gasteiger partial charge is 0.325 e. The molecule has 0 atom stereocenters. The van der Waals surface area contributed by atoms with E-state index in [9.17, 15) is 4.79 Å². The lowest BCUT2D eigenvalue weighted by atomic mass is 10.3. The van der Waals surface area contributed by atoms with Crippen LogP contribution in [0.5, 0.6) is 0 Å². The number of amides is 1. The van der Waals surface area contributed by atoms with Gasteiger partial charge in [0.25, 0.3) is 0 Å². The van der Waals surface area contributed by atoms with Crippen LogP contribution < -0.4 is 5.32 Å². The van der Waals surface area contributed by atoms with Crippen molar-refractivity contribution in [1.29, 1.82) is 0 Å². The number of anilines is 1. The van der Waals surface area contributed by atoms with E-state index in [2.05, 4.69) is 5.32 Å². The number of carbonyl (C=O) groups is 1. The number of carbonyl (C=O) groups excluding carboxylic acids is 1. The third-order valence-corrected chi connectivity index (χ3v) is 2.40. The highest BCUT2D eigenvalue weighted by molar-refractivity contribution is 14.1. The van der Waals surface area contributed by atoms with Crippen LogP contribution in [0.1, 0.15) is 0 Å². The average Bonchev–Trinajstić information content (AvgIpc) is 2.02. The summed E-state index contributed by atoms with van der Waals surface area (Å²) in [6, 6.07) is 4.91. The highest BCUT2D eigenvalue weighted by Crippen LogP contribution is 2.22. The van der Waals surface area contributed by atoms with Crippen molar-refractivity contribution in [3.05, 3.63) is 28.2 Å². The number of hydrogen-bond acceptors (Lipinski definition) is 1. The van der Waals surface area contributed by atoms with Crippen LogP contribution in [0.25, 0.3) is 0 Å². The molecule has 0 fully saturated rings. The van der Waals surface area contributed by atoms with Gasteiger partial charge in [-0.05, 0) is 18.2 Å². The van der Waals surface area contributed by atoms with Crippen LogP contribution in [0.2, 0.25) is 10.0 Å². The van der Waals surface area contributed by atoms with Crippen molar-refractivity contribution in [3.63, 3.8) is 0 Å². The van der Waals surface area contributed by atoms with E-state index >= 15 is 0 Å². The number of halogens is 3. The summed E-state index contributed by atoms with van der Waals surface area (Å²) in [6.45, 7) is 0. The molecule has 0 heterocycles. The van der Waals surface area contributed by atoms with Gasteiger partial charge < -0.3 is 5.32 Å². The second-order valence-electron chi connectivity index (χ2n) is 2.34. The molecule has 0 aliphatic heterocycles. The maximum absolute atomic E-state index is 11.0. The van der Waals surface area contributed by atoms with Crippen LogP contribution >= 0.6 is 45.8 Å². The summed E-state index contributed by atoms with van der Waals surface area (Å²) in [5, 5.41) is 3.68. The quantitative estimate of drug-likeness (QED) is 0.654. The fraction of sp³-hybridized carbons (Fsp3) is 0.125. The minimum Gasteiger partial charge on any atom is -0.325 e. The van der Waals surface area contributed by atoms with E-state index in [1.165, 1.54) is 0 Å². The van der Waals surface area contributed by atoms with Gasteiger partial charge in [0, 0.05) is 15.7 Å². The summed E-state index contributed by atoms with van der Waals surface area (Å²) in [5.74, 6) is -0.0704. The Kier molecular flexibility index (Phi) is 4.28. The third-order valence-electron chi connectivity index (χ3n) is 1.27. The van der Waals surface area contributed by atoms with Crippen molar-refractivity contribution < 1.29 is 4.79 Å². The van der Waals surface area contributed by atoms with Gasteiger partial charge in [-0.1, -0.05) is 45.8 Å². The first-order valence-corrected chi connectivity index (χ1v) is 5.72. The first kappa shape index (κ1) is 11.1. The Morgan fingerprint density at radius 2 is 1.85 bits per heavy atom. The molecule has 0 saturated carbocycles. The summed E-state index contributed by atoms with van der Waals surface area (Å²) >= 11 is 13.5. The summed E-state index contributed by atoms with van der Waals surface area (Å²) in [6.07, 6.45) is 0. The number of nitrogens with one attached hydrogen (secondary N) is 1. The van der Waals surface area contributed by atoms with E-state index in [1.54, 1.807) is 18.2 Å². The van der Waals surface area contributed by atoms with Gasteiger partial charge in [-0.3, -0.25) is 4.79 Å². The topological polar surface area (TPSA) is 29.1 Å². The molecule has 0 unspecified atom stereocenters. The van der Waals surface area contributed by atoms with Crippen molar-refractivity contribution in [2.45, 2.75) is 0 Å². The van der Waals surface area contributed by atoms with Crippen molar-refractivity contribution in [3.8, 4) is 0 Å². The van der Waals surface area contributed by atoms with Crippen molar-refractivity contribution >= 4 is 57.4 Å². The second kappa shape index (κ2) is 5.02. The maximum Gasteiger partial charge on any atom is 0.234 e. The number of alkyl halides is 1. The molecule has 0 spiro atoms. The van der Waals surface area contributed by atoms with Gasteiger partial charge in [0.2, 0.25) is 5.91 Å². The fourth-order valence-corrected chi connectivity index (χ4v) is 1.54. The molecule has 1 aromatic carbocycles. The first-order valence-electron chi connectivity index (χ1n) is 3.43. The fourth-order valence-electron chi connectivity index (χ4n) is 0.820. The Labute approximate surface area is 99.7 Å². The molecule has 13 heavy (non-hydrogen) atoms. The number of benzene rings is 1. The lowest BCUT2D eigenvalue weighted by Gasteiger charge is -2.03. The molecule has 1 rings (SSSR count). The maximum atomic E-state index is 11.0. The van der Waals surface area contributed by atoms with Gasteiger partial charge in [0.15, 0.2) is 0 Å². The average molecular weight is 330 g/mol. The Morgan fingerprint density at radius 3 is 2.31 bits per heavy atom. The van der Waals surface area contributed by atoms with Crippen LogP contribution in [0, 0.1) is 0 Å². The summed E-state index contributed by atoms with van der Waals surface area (Å²) in [5.41, 5.74) is 0.624. The van der Waals surface area contributed by atoms with Gasteiger partial charge in [0.05, 0.1) is 4.43 Å². The van der Waals surface area contributed by atoms with Crippen molar-refractivity contribution in [1.82, 2.24) is 0 Å². The van der Waals surface area contributed by atoms with Crippen LogP contribution in [0.3, 0.4) is 0 Å². The molecule has 5 heteroatoms. The first-order chi connectivity index (χ1) is 6.11. The molecular weight excluding hydrogens is 324 g/mol. The summed E-state index contributed by atoms with van der Waals surface area (Å²) in [7, 11) is 0. The monoisotopic (exact) mass is 329 g/mol. The normalized spacial score (nSPS) is 9.77. The summed E-state index contributed by atoms with van der Waals surface area (Å²) < 4.78 is 0.405. The molecule has 2 nitrogen and oxygen atoms in total. The zero-order valence-corrected chi connectivity index (χ0v) is 10.2. The Morgan fingerprint density at radius 1 is 1.31 bits per heavy atom. The molecule has 0 radical (unpaired) electrons. The highest BCUT2D eigenvalue weighted by Gasteiger charge is 2.01. The van der Waals surface area contributed by atoms with E-state index < -0.39 is 0 Å². The zero-order chi connectivity index (χ0) is 9.84. The van der Waals surface area contributed by atoms with E-state index in [1.807, 2.05) is 22.6 Å². The minimum atomic E-state index is -0.0704. The van der Waals surface area contributed by atoms with Crippen LogP contribution in [-0.2, 0) is 4.79 Å². The number of rotatable bonds is 2. The lowest BCUT2D eigenvalue weighted by molar-refractivity contribution is -0.113. The summed E-state index contributed by atoms with van der Waals surface area (Å²) in [4.78, 5) is 11.0. The van der Waals surface area contributed by atoms with E-state index in [0.717, 1.165) is 0 Å². The van der Waals surface area contributed by atoms with E-state index in [4.69, 9.17) is 23.2 Å². The van der Waals surface area contributed by atoms with Gasteiger partial charge in [-0.25, -0.2) is 0 Å². The Bertz CT molecular complexity index is 310. The predicted octanol–water partition coefficient (Wildman–Crippen LogP) is 3.37. The molecular formula is C8H6Cl2INO. The van der Waals surface area contributed by atoms with Crippen LogP contribution in [0.4, 0.5) is 5.69 Å². The van der Waals surface area contributed by atoms with Gasteiger partial charge in [-0.2, -0.15) is 0 Å². The molecule has 0 aliphatic rings. The molecule has 0 aromatic heterocycles. The standard InChI is InChI=1S/C8H6Cl2INO/c9-5-1-6(10)3-7(2-5)12-8(13)4-11/h1-3H,4H2,(H,12,13). The third kappa shape index (κ3) is 3.70. The predicted molar refractivity (Wildman–Crippen MR) is 64.0 cm³/mol. The molecule has 1 amide bonds. The molecule has 1 aromatic rings. The lowest BCUT2D eigenvalue weighted by Crippen LogP contribution is -2.11. The van der Waals surface area contributed by atoms with Crippen molar-refractivity contribution in [2.75, 3.05) is 9.74 Å². The Hall–Kier alpha value is -0.000000000000000111. The Balaban J connectivity index is 2.83. The van der Waals surface area contributed by atoms with Gasteiger partial charge in [0.1, 0.15) is 0 Å². The minimum absolute atomic E-state index is 0.0704. The molecule has 0 aliphatic carbocycles. The van der Waals surface area contributed by atoms with Crippen LogP contribution in [0.15, 0.2) is 18.2 Å². The van der Waals surface area contributed by atoms with E-state index in [0.29, 0.717) is 20.2 Å².